The van der Waals surface area contributed by atoms with Crippen molar-refractivity contribution in [3.63, 3.8) is 0 Å². The van der Waals surface area contributed by atoms with Gasteiger partial charge in [-0.2, -0.15) is 12.7 Å². The number of benzene rings is 2. The molecule has 1 N–H and O–H groups in total. The molecule has 1 aromatic heterocycles. The minimum atomic E-state index is -3.96. The topological polar surface area (TPSA) is 106 Å². The first-order valence-electron chi connectivity index (χ1n) is 13.2. The highest BCUT2D eigenvalue weighted by molar-refractivity contribution is 7.92. The predicted octanol–water partition coefficient (Wildman–Crippen LogP) is 4.25. The van der Waals surface area contributed by atoms with Crippen LogP contribution in [0.4, 0.5) is 0 Å². The predicted molar refractivity (Wildman–Crippen MR) is 150 cm³/mol. The van der Waals surface area contributed by atoms with Gasteiger partial charge in [0, 0.05) is 48.4 Å². The van der Waals surface area contributed by atoms with Crippen molar-refractivity contribution in [2.24, 2.45) is 0 Å². The van der Waals surface area contributed by atoms with E-state index in [9.17, 15) is 21.6 Å². The highest BCUT2D eigenvalue weighted by Crippen LogP contribution is 2.46. The molecule has 8 nitrogen and oxygen atoms in total. The van der Waals surface area contributed by atoms with Gasteiger partial charge in [0.1, 0.15) is 0 Å². The lowest BCUT2D eigenvalue weighted by Gasteiger charge is -2.24. The van der Waals surface area contributed by atoms with Crippen LogP contribution < -0.4 is 4.72 Å². The van der Waals surface area contributed by atoms with Crippen molar-refractivity contribution >= 4 is 36.9 Å². The summed E-state index contributed by atoms with van der Waals surface area (Å²) in [5.41, 5.74) is 5.29. The first-order chi connectivity index (χ1) is 18.0. The summed E-state index contributed by atoms with van der Waals surface area (Å²) in [7, 11) is -4.61. The monoisotopic (exact) mass is 557 g/mol. The van der Waals surface area contributed by atoms with Gasteiger partial charge in [0.05, 0.1) is 10.9 Å². The van der Waals surface area contributed by atoms with Crippen LogP contribution in [0.2, 0.25) is 0 Å². The van der Waals surface area contributed by atoms with Gasteiger partial charge in [0.15, 0.2) is 9.84 Å². The molecular weight excluding hydrogens is 522 g/mol. The number of carbonyl (C=O) groups is 1. The lowest BCUT2D eigenvalue weighted by Crippen LogP contribution is -2.39. The molecular formula is C28H35N3O5S2. The van der Waals surface area contributed by atoms with Crippen LogP contribution in [0.1, 0.15) is 66.4 Å². The Hall–Kier alpha value is -2.69. The van der Waals surface area contributed by atoms with Crippen molar-refractivity contribution in [3.05, 3.63) is 59.2 Å². The minimum absolute atomic E-state index is 0.0555. The first-order valence-corrected chi connectivity index (χ1v) is 16.4. The average molecular weight is 558 g/mol. The van der Waals surface area contributed by atoms with E-state index in [0.29, 0.717) is 12.3 Å². The fraction of sp³-hybridized carbons (Fsp3) is 0.464. The van der Waals surface area contributed by atoms with Crippen molar-refractivity contribution in [2.75, 3.05) is 19.8 Å². The highest BCUT2D eigenvalue weighted by Gasteiger charge is 2.34. The van der Waals surface area contributed by atoms with E-state index in [-0.39, 0.29) is 17.9 Å². The van der Waals surface area contributed by atoms with Crippen LogP contribution in [-0.4, -0.2) is 56.7 Å². The van der Waals surface area contributed by atoms with E-state index in [1.54, 1.807) is 19.1 Å². The zero-order valence-electron chi connectivity index (χ0n) is 22.1. The standard InChI is InChI=1S/C28H35N3O5S2/c1-4-37(33,34)22-16-20-12-8-9-13-23(20)27-26(19-10-6-5-7-11-19)24-15-14-21(17-25(24)31(27)18-22)28(32)29-38(35,36)30(2)3/h8-9,12-15,17,19,22H,4-7,10-11,16,18H2,1-3H3,(H,29,32). The second kappa shape index (κ2) is 10.1. The number of nitrogens with one attached hydrogen (secondary N) is 1. The second-order valence-electron chi connectivity index (χ2n) is 10.6. The Bertz CT molecular complexity index is 1600. The largest absolute Gasteiger partial charge is 0.339 e. The molecule has 2 aromatic carbocycles. The SMILES string of the molecule is CCS(=O)(=O)C1Cc2ccccc2-c2c(C3CCCCC3)c3ccc(C(=O)NS(=O)(=O)N(C)C)cc3n2C1. The molecule has 1 saturated carbocycles. The van der Waals surface area contributed by atoms with Crippen LogP contribution in [0.15, 0.2) is 42.5 Å². The molecule has 38 heavy (non-hydrogen) atoms. The molecule has 1 aliphatic heterocycles. The molecule has 1 unspecified atom stereocenters. The number of amides is 1. The molecule has 0 saturated heterocycles. The van der Waals surface area contributed by atoms with Crippen LogP contribution in [-0.2, 0) is 33.0 Å². The second-order valence-corrected chi connectivity index (χ2v) is 15.0. The Morgan fingerprint density at radius 2 is 1.74 bits per heavy atom. The summed E-state index contributed by atoms with van der Waals surface area (Å²) >= 11 is 0. The van der Waals surface area contributed by atoms with Gasteiger partial charge in [-0.05, 0) is 48.4 Å². The van der Waals surface area contributed by atoms with Gasteiger partial charge in [0.25, 0.3) is 5.91 Å². The van der Waals surface area contributed by atoms with E-state index in [2.05, 4.69) is 15.4 Å². The fourth-order valence-electron chi connectivity index (χ4n) is 5.99. The number of fused-ring (bicyclic) bond motifs is 5. The molecule has 1 amide bonds. The number of hydrogen-bond donors (Lipinski definition) is 1. The molecule has 0 spiro atoms. The van der Waals surface area contributed by atoms with E-state index in [1.807, 2.05) is 24.3 Å². The third kappa shape index (κ3) is 4.78. The maximum absolute atomic E-state index is 13.2. The van der Waals surface area contributed by atoms with Crippen molar-refractivity contribution in [3.8, 4) is 11.3 Å². The summed E-state index contributed by atoms with van der Waals surface area (Å²) in [4.78, 5) is 13.0. The Labute approximate surface area is 225 Å². The molecule has 2 heterocycles. The van der Waals surface area contributed by atoms with Gasteiger partial charge in [-0.25, -0.2) is 13.1 Å². The molecule has 0 bridgehead atoms. The van der Waals surface area contributed by atoms with E-state index in [1.165, 1.54) is 26.1 Å². The molecule has 1 atom stereocenters. The van der Waals surface area contributed by atoms with Gasteiger partial charge >= 0.3 is 10.2 Å². The van der Waals surface area contributed by atoms with Gasteiger partial charge in [-0.15, -0.1) is 0 Å². The maximum Gasteiger partial charge on any atom is 0.303 e. The Morgan fingerprint density at radius 3 is 2.42 bits per heavy atom. The quantitative estimate of drug-likeness (QED) is 0.488. The van der Waals surface area contributed by atoms with Crippen molar-refractivity contribution in [2.45, 2.75) is 63.2 Å². The molecule has 1 aliphatic carbocycles. The Kier molecular flexibility index (Phi) is 7.17. The summed E-state index contributed by atoms with van der Waals surface area (Å²) in [5.74, 6) is -0.328. The number of aromatic nitrogens is 1. The smallest absolute Gasteiger partial charge is 0.303 e. The van der Waals surface area contributed by atoms with Crippen LogP contribution in [0, 0.1) is 0 Å². The summed E-state index contributed by atoms with van der Waals surface area (Å²) < 4.78 is 56.2. The van der Waals surface area contributed by atoms with Crippen molar-refractivity contribution in [1.82, 2.24) is 13.6 Å². The number of rotatable bonds is 6. The maximum atomic E-state index is 13.2. The van der Waals surface area contributed by atoms with Gasteiger partial charge in [-0.3, -0.25) is 4.79 Å². The lowest BCUT2D eigenvalue weighted by molar-refractivity contribution is 0.0979. The van der Waals surface area contributed by atoms with E-state index in [0.717, 1.165) is 57.7 Å². The Balaban J connectivity index is 1.76. The number of nitrogens with zero attached hydrogens (tertiary/aromatic N) is 2. The third-order valence-corrected chi connectivity index (χ3v) is 11.6. The molecule has 1 fully saturated rings. The van der Waals surface area contributed by atoms with Crippen LogP contribution >= 0.6 is 0 Å². The number of hydrogen-bond acceptors (Lipinski definition) is 5. The lowest BCUT2D eigenvalue weighted by atomic mass is 9.81. The zero-order valence-corrected chi connectivity index (χ0v) is 23.7. The normalized spacial score (nSPS) is 18.7. The fourth-order valence-corrected chi connectivity index (χ4v) is 7.80. The van der Waals surface area contributed by atoms with Crippen LogP contribution in [0.5, 0.6) is 0 Å². The molecule has 5 rings (SSSR count). The summed E-state index contributed by atoms with van der Waals surface area (Å²) in [5, 5.41) is 0.402. The zero-order chi connectivity index (χ0) is 27.2. The highest BCUT2D eigenvalue weighted by atomic mass is 32.2. The molecule has 204 valence electrons. The Morgan fingerprint density at radius 1 is 1.03 bits per heavy atom. The summed E-state index contributed by atoms with van der Waals surface area (Å²) in [6.45, 7) is 1.96. The van der Waals surface area contributed by atoms with Gasteiger partial charge < -0.3 is 4.57 Å². The molecule has 3 aromatic rings. The van der Waals surface area contributed by atoms with Crippen molar-refractivity contribution < 1.29 is 21.6 Å². The number of sulfone groups is 1. The van der Waals surface area contributed by atoms with Gasteiger partial charge in [0.2, 0.25) is 0 Å². The molecule has 2 aliphatic rings. The minimum Gasteiger partial charge on any atom is -0.339 e. The van der Waals surface area contributed by atoms with E-state index >= 15 is 0 Å². The van der Waals surface area contributed by atoms with E-state index < -0.39 is 31.2 Å². The van der Waals surface area contributed by atoms with Crippen LogP contribution in [0.25, 0.3) is 22.2 Å². The molecule has 0 radical (unpaired) electrons. The van der Waals surface area contributed by atoms with E-state index in [4.69, 9.17) is 0 Å². The van der Waals surface area contributed by atoms with Crippen LogP contribution in [0.3, 0.4) is 0 Å². The van der Waals surface area contributed by atoms with Crippen molar-refractivity contribution in [1.29, 1.82) is 0 Å². The first kappa shape index (κ1) is 26.9. The number of carbonyl (C=O) groups excluding carboxylic acids is 1. The summed E-state index contributed by atoms with van der Waals surface area (Å²) in [6, 6.07) is 13.3. The average Bonchev–Trinajstić information content (AvgIpc) is 3.10. The summed E-state index contributed by atoms with van der Waals surface area (Å²) in [6.07, 6.45) is 6.06. The third-order valence-electron chi connectivity index (χ3n) is 8.10. The van der Waals surface area contributed by atoms with Gasteiger partial charge in [-0.1, -0.05) is 56.5 Å². The molecule has 10 heteroatoms.